The van der Waals surface area contributed by atoms with Gasteiger partial charge in [0.05, 0.1) is 5.60 Å². The van der Waals surface area contributed by atoms with Crippen LogP contribution in [0.25, 0.3) is 0 Å². The molecule has 4 saturated carbocycles. The van der Waals surface area contributed by atoms with Gasteiger partial charge in [0.15, 0.2) is 9.93 Å². The van der Waals surface area contributed by atoms with Crippen LogP contribution in [0.4, 0.5) is 0 Å². The largest absolute Gasteiger partial charge is 0.350 e. The Balaban J connectivity index is 2.09. The first kappa shape index (κ1) is 12.8. The van der Waals surface area contributed by atoms with Gasteiger partial charge in [-0.05, 0) is 13.3 Å². The van der Waals surface area contributed by atoms with Gasteiger partial charge in [0.25, 0.3) is 0 Å². The molecule has 0 spiro atoms. The Bertz CT molecular complexity index is 485. The number of hydrogen-bond donors (Lipinski definition) is 0. The molecule has 0 aromatic heterocycles. The van der Waals surface area contributed by atoms with Crippen LogP contribution in [0.15, 0.2) is 0 Å². The molecule has 5 fully saturated rings. The molecular weight excluding hydrogens is 322 g/mol. The molecule has 5 rings (SSSR count). The van der Waals surface area contributed by atoms with Gasteiger partial charge in [0.1, 0.15) is 9.75 Å². The van der Waals surface area contributed by atoms with Gasteiger partial charge in [0, 0.05) is 20.1 Å². The number of ether oxygens (including phenoxy) is 3. The zero-order valence-corrected chi connectivity index (χ0v) is 13.0. The van der Waals surface area contributed by atoms with Crippen LogP contribution in [0.5, 0.6) is 0 Å². The Kier molecular flexibility index (Phi) is 1.91. The zero-order chi connectivity index (χ0) is 13.4. The summed E-state index contributed by atoms with van der Waals surface area (Å²) in [6.07, 6.45) is 0.564. The van der Waals surface area contributed by atoms with Gasteiger partial charge >= 0.3 is 0 Å². The third kappa shape index (κ3) is 0.621. The van der Waals surface area contributed by atoms with Gasteiger partial charge in [-0.1, -0.05) is 11.6 Å². The van der Waals surface area contributed by atoms with Crippen molar-refractivity contribution in [1.82, 2.24) is 0 Å². The number of hydrogen-bond acceptors (Lipinski definition) is 3. The van der Waals surface area contributed by atoms with Crippen LogP contribution in [0, 0.1) is 5.92 Å². The minimum absolute atomic E-state index is 0.0981. The molecule has 0 aromatic carbocycles. The molecule has 0 radical (unpaired) electrons. The first-order valence-corrected chi connectivity index (χ1v) is 7.24. The first-order chi connectivity index (χ1) is 8.17. The summed E-state index contributed by atoms with van der Waals surface area (Å²) in [6.45, 7) is 1.91. The van der Waals surface area contributed by atoms with Gasteiger partial charge in [-0.15, -0.1) is 34.8 Å². The maximum Gasteiger partial charge on any atom is 0.213 e. The second-order valence-electron chi connectivity index (χ2n) is 5.76. The van der Waals surface area contributed by atoms with E-state index in [0.29, 0.717) is 6.42 Å². The minimum atomic E-state index is -1.26. The second kappa shape index (κ2) is 2.70. The summed E-state index contributed by atoms with van der Waals surface area (Å²) in [7, 11) is 3.02. The van der Waals surface area contributed by atoms with Crippen molar-refractivity contribution in [3.05, 3.63) is 0 Å². The second-order valence-corrected chi connectivity index (χ2v) is 8.10. The fourth-order valence-corrected chi connectivity index (χ4v) is 8.17. The van der Waals surface area contributed by atoms with E-state index in [1.165, 1.54) is 14.2 Å². The van der Waals surface area contributed by atoms with Gasteiger partial charge in [-0.25, -0.2) is 0 Å². The molecule has 7 heteroatoms. The topological polar surface area (TPSA) is 27.7 Å². The lowest BCUT2D eigenvalue weighted by Crippen LogP contribution is -2.74. The van der Waals surface area contributed by atoms with Crippen molar-refractivity contribution >= 4 is 46.4 Å². The van der Waals surface area contributed by atoms with Crippen molar-refractivity contribution in [3.63, 3.8) is 0 Å². The maximum atomic E-state index is 6.84. The van der Waals surface area contributed by atoms with E-state index in [0.717, 1.165) is 0 Å². The summed E-state index contributed by atoms with van der Waals surface area (Å²) in [5.74, 6) is -1.34. The third-order valence-electron chi connectivity index (χ3n) is 5.70. The quantitative estimate of drug-likeness (QED) is 0.574. The van der Waals surface area contributed by atoms with E-state index >= 15 is 0 Å². The highest BCUT2D eigenvalue weighted by Gasteiger charge is 3.12. The molecule has 4 aliphatic carbocycles. The lowest BCUT2D eigenvalue weighted by atomic mass is 9.79. The minimum Gasteiger partial charge on any atom is -0.350 e. The molecule has 1 aliphatic heterocycles. The van der Waals surface area contributed by atoms with Crippen LogP contribution < -0.4 is 0 Å². The molecule has 1 heterocycles. The van der Waals surface area contributed by atoms with Gasteiger partial charge in [0.2, 0.25) is 5.79 Å². The molecule has 0 unspecified atom stereocenters. The third-order valence-corrected chi connectivity index (χ3v) is 9.08. The zero-order valence-electron chi connectivity index (χ0n) is 10.0. The highest BCUT2D eigenvalue weighted by molar-refractivity contribution is 6.51. The van der Waals surface area contributed by atoms with E-state index in [4.69, 9.17) is 60.6 Å². The molecule has 6 bridgehead atoms. The van der Waals surface area contributed by atoms with Crippen molar-refractivity contribution < 1.29 is 14.2 Å². The molecule has 3 nitrogen and oxygen atoms in total. The molecule has 18 heavy (non-hydrogen) atoms. The first-order valence-electron chi connectivity index (χ1n) is 5.73. The molecule has 102 valence electrons. The number of halogens is 4. The van der Waals surface area contributed by atoms with Gasteiger partial charge in [-0.2, -0.15) is 0 Å². The molecule has 6 atom stereocenters. The molecule has 1 saturated heterocycles. The highest BCUT2D eigenvalue weighted by Crippen LogP contribution is 2.95. The van der Waals surface area contributed by atoms with E-state index < -0.39 is 31.1 Å². The average molecular weight is 334 g/mol. The highest BCUT2D eigenvalue weighted by atomic mass is 35.5. The average Bonchev–Trinajstić information content (AvgIpc) is 2.76. The van der Waals surface area contributed by atoms with E-state index in [1.807, 2.05) is 6.92 Å². The standard InChI is InChI=1S/C11H12Cl4O3/c1-6-5-4-7(12)9(6,14)10(15,18-6)8(5,13)11(7,16-2)17-3/h5H,4H2,1-3H3/t5-,6+,7-,8-,9-,10+/m0/s1. The van der Waals surface area contributed by atoms with Crippen LogP contribution in [0.2, 0.25) is 0 Å². The molecule has 5 aliphatic rings. The van der Waals surface area contributed by atoms with Crippen molar-refractivity contribution in [2.24, 2.45) is 5.92 Å². The summed E-state index contributed by atoms with van der Waals surface area (Å²) in [6, 6.07) is 0. The maximum absolute atomic E-state index is 6.84. The Hall–Kier alpha value is 1.04. The fourth-order valence-electron chi connectivity index (χ4n) is 5.15. The summed E-state index contributed by atoms with van der Waals surface area (Å²) in [4.78, 5) is -3.07. The SMILES string of the molecule is COC1(OC)[C@]2(Cl)C[C@@H]3[C@]1(Cl)[C@@]1(Cl)O[C@@]3(C)[C@@]12Cl. The van der Waals surface area contributed by atoms with E-state index in [9.17, 15) is 0 Å². The number of rotatable bonds is 2. The van der Waals surface area contributed by atoms with Crippen LogP contribution in [-0.4, -0.2) is 45.3 Å². The van der Waals surface area contributed by atoms with Crippen LogP contribution >= 0.6 is 46.4 Å². The Morgan fingerprint density at radius 2 is 1.67 bits per heavy atom. The Morgan fingerprint density at radius 1 is 1.11 bits per heavy atom. The lowest BCUT2D eigenvalue weighted by Gasteiger charge is -2.57. The number of alkyl halides is 4. The summed E-state index contributed by atoms with van der Waals surface area (Å²) in [5, 5.41) is -1.26. The van der Waals surface area contributed by atoms with Gasteiger partial charge < -0.3 is 14.2 Å². The molecule has 0 aromatic rings. The predicted molar refractivity (Wildman–Crippen MR) is 68.7 cm³/mol. The molecular formula is C11H12Cl4O3. The number of methoxy groups -OCH3 is 2. The van der Waals surface area contributed by atoms with Gasteiger partial charge in [-0.3, -0.25) is 0 Å². The fraction of sp³-hybridized carbons (Fsp3) is 1.00. The van der Waals surface area contributed by atoms with Crippen molar-refractivity contribution in [3.8, 4) is 0 Å². The summed E-state index contributed by atoms with van der Waals surface area (Å²) < 4.78 is 17.0. The summed E-state index contributed by atoms with van der Waals surface area (Å²) >= 11 is 27.1. The van der Waals surface area contributed by atoms with Crippen LogP contribution in [-0.2, 0) is 14.2 Å². The Labute approximate surface area is 125 Å². The van der Waals surface area contributed by atoms with E-state index in [-0.39, 0.29) is 5.92 Å². The van der Waals surface area contributed by atoms with E-state index in [2.05, 4.69) is 0 Å². The summed E-state index contributed by atoms with van der Waals surface area (Å²) in [5.41, 5.74) is -0.625. The molecule has 0 amide bonds. The normalized spacial score (nSPS) is 69.8. The monoisotopic (exact) mass is 332 g/mol. The van der Waals surface area contributed by atoms with Crippen molar-refractivity contribution in [2.75, 3.05) is 14.2 Å². The van der Waals surface area contributed by atoms with Crippen molar-refractivity contribution in [1.29, 1.82) is 0 Å². The molecule has 0 N–H and O–H groups in total. The predicted octanol–water partition coefficient (Wildman–Crippen LogP) is 2.68. The van der Waals surface area contributed by atoms with Crippen LogP contribution in [0.1, 0.15) is 13.3 Å². The Morgan fingerprint density at radius 3 is 2.00 bits per heavy atom. The lowest BCUT2D eigenvalue weighted by molar-refractivity contribution is -0.233. The van der Waals surface area contributed by atoms with Crippen molar-refractivity contribution in [2.45, 2.75) is 44.4 Å². The van der Waals surface area contributed by atoms with E-state index in [1.54, 1.807) is 0 Å². The van der Waals surface area contributed by atoms with Crippen LogP contribution in [0.3, 0.4) is 0 Å². The smallest absolute Gasteiger partial charge is 0.213 e.